The number of hydrogen-bond donors (Lipinski definition) is 1. The highest BCUT2D eigenvalue weighted by molar-refractivity contribution is 5.80. The lowest BCUT2D eigenvalue weighted by molar-refractivity contribution is -0.141. The number of rotatable bonds is 6. The van der Waals surface area contributed by atoms with Gasteiger partial charge in [0.2, 0.25) is 5.91 Å². The normalized spacial score (nSPS) is 19.7. The molecular formula is C11H19NO4. The molecule has 1 saturated heterocycles. The van der Waals surface area contributed by atoms with Crippen LogP contribution in [0.25, 0.3) is 0 Å². The number of nitrogens with zero attached hydrogens (tertiary/aromatic N) is 1. The average Bonchev–Trinajstić information content (AvgIpc) is 2.75. The molecule has 5 nitrogen and oxygen atoms in total. The summed E-state index contributed by atoms with van der Waals surface area (Å²) in [7, 11) is 0. The van der Waals surface area contributed by atoms with Gasteiger partial charge in [-0.25, -0.2) is 0 Å². The molecule has 1 rings (SSSR count). The van der Waals surface area contributed by atoms with E-state index in [1.54, 1.807) is 4.90 Å². The van der Waals surface area contributed by atoms with E-state index in [0.717, 1.165) is 13.0 Å². The van der Waals surface area contributed by atoms with Gasteiger partial charge in [-0.15, -0.1) is 0 Å². The third-order valence-corrected chi connectivity index (χ3v) is 2.79. The van der Waals surface area contributed by atoms with Crippen LogP contribution in [-0.2, 0) is 14.3 Å². The number of carboxylic acid groups (broad SMARTS) is 1. The van der Waals surface area contributed by atoms with Crippen LogP contribution < -0.4 is 0 Å². The molecule has 0 aliphatic carbocycles. The highest BCUT2D eigenvalue weighted by Gasteiger charge is 2.21. The van der Waals surface area contributed by atoms with Crippen LogP contribution >= 0.6 is 0 Å². The molecule has 16 heavy (non-hydrogen) atoms. The second-order valence-electron chi connectivity index (χ2n) is 4.06. The number of ether oxygens (including phenoxy) is 1. The zero-order chi connectivity index (χ0) is 12.0. The summed E-state index contributed by atoms with van der Waals surface area (Å²) in [4.78, 5) is 23.8. The standard InChI is InChI=1S/C11H19NO4/c1-2-12(7-9-5-6-16-8-9)10(13)3-4-11(14)15/h9H,2-8H2,1H3,(H,14,15). The van der Waals surface area contributed by atoms with E-state index < -0.39 is 5.97 Å². The van der Waals surface area contributed by atoms with Gasteiger partial charge in [-0.1, -0.05) is 0 Å². The van der Waals surface area contributed by atoms with E-state index in [1.165, 1.54) is 0 Å². The molecule has 0 bridgehead atoms. The molecule has 0 aromatic heterocycles. The van der Waals surface area contributed by atoms with Crippen LogP contribution in [0, 0.1) is 5.92 Å². The predicted molar refractivity (Wildman–Crippen MR) is 58.0 cm³/mol. The topological polar surface area (TPSA) is 66.8 Å². The molecule has 0 spiro atoms. The van der Waals surface area contributed by atoms with Crippen LogP contribution in [0.4, 0.5) is 0 Å². The Morgan fingerprint density at radius 3 is 2.69 bits per heavy atom. The van der Waals surface area contributed by atoms with Crippen molar-refractivity contribution < 1.29 is 19.4 Å². The molecule has 92 valence electrons. The van der Waals surface area contributed by atoms with Crippen LogP contribution in [0.1, 0.15) is 26.2 Å². The fraction of sp³-hybridized carbons (Fsp3) is 0.818. The van der Waals surface area contributed by atoms with Crippen molar-refractivity contribution in [2.45, 2.75) is 26.2 Å². The minimum absolute atomic E-state index is 0.0724. The van der Waals surface area contributed by atoms with Crippen LogP contribution in [0.2, 0.25) is 0 Å². The smallest absolute Gasteiger partial charge is 0.303 e. The van der Waals surface area contributed by atoms with Gasteiger partial charge in [0, 0.05) is 32.0 Å². The lowest BCUT2D eigenvalue weighted by Crippen LogP contribution is -2.35. The summed E-state index contributed by atoms with van der Waals surface area (Å²) in [5.41, 5.74) is 0. The summed E-state index contributed by atoms with van der Waals surface area (Å²) in [6.45, 7) is 4.71. The minimum atomic E-state index is -0.923. The lowest BCUT2D eigenvalue weighted by atomic mass is 10.1. The van der Waals surface area contributed by atoms with Crippen molar-refractivity contribution in [1.82, 2.24) is 4.90 Å². The summed E-state index contributed by atoms with van der Waals surface area (Å²) in [6, 6.07) is 0. The molecule has 1 fully saturated rings. The maximum absolute atomic E-state index is 11.7. The molecular weight excluding hydrogens is 210 g/mol. The van der Waals surface area contributed by atoms with Crippen molar-refractivity contribution in [3.63, 3.8) is 0 Å². The first-order valence-electron chi connectivity index (χ1n) is 5.70. The van der Waals surface area contributed by atoms with Gasteiger partial charge in [-0.3, -0.25) is 9.59 Å². The quantitative estimate of drug-likeness (QED) is 0.729. The van der Waals surface area contributed by atoms with Crippen molar-refractivity contribution in [1.29, 1.82) is 0 Å². The molecule has 0 aromatic rings. The van der Waals surface area contributed by atoms with Gasteiger partial charge in [0.15, 0.2) is 0 Å². The number of carboxylic acids is 1. The Morgan fingerprint density at radius 2 is 2.19 bits per heavy atom. The third kappa shape index (κ3) is 4.18. The van der Waals surface area contributed by atoms with Crippen LogP contribution in [0.5, 0.6) is 0 Å². The van der Waals surface area contributed by atoms with Gasteiger partial charge >= 0.3 is 5.97 Å². The molecule has 5 heteroatoms. The van der Waals surface area contributed by atoms with Gasteiger partial charge in [0.25, 0.3) is 0 Å². The third-order valence-electron chi connectivity index (χ3n) is 2.79. The zero-order valence-electron chi connectivity index (χ0n) is 9.65. The Hall–Kier alpha value is -1.10. The number of aliphatic carboxylic acids is 1. The molecule has 1 aliphatic rings. The van der Waals surface area contributed by atoms with E-state index in [9.17, 15) is 9.59 Å². The summed E-state index contributed by atoms with van der Waals surface area (Å²) in [5, 5.41) is 8.51. The number of hydrogen-bond acceptors (Lipinski definition) is 3. The predicted octanol–water partition coefficient (Wildman–Crippen LogP) is 0.736. The lowest BCUT2D eigenvalue weighted by Gasteiger charge is -2.23. The Morgan fingerprint density at radius 1 is 1.44 bits per heavy atom. The van der Waals surface area contributed by atoms with Crippen LogP contribution in [-0.4, -0.2) is 48.2 Å². The van der Waals surface area contributed by atoms with E-state index in [4.69, 9.17) is 9.84 Å². The minimum Gasteiger partial charge on any atom is -0.481 e. The summed E-state index contributed by atoms with van der Waals surface area (Å²) < 4.78 is 5.25. The van der Waals surface area contributed by atoms with Crippen molar-refractivity contribution in [3.05, 3.63) is 0 Å². The van der Waals surface area contributed by atoms with Crippen LogP contribution in [0.3, 0.4) is 0 Å². The van der Waals surface area contributed by atoms with Crippen molar-refractivity contribution in [2.75, 3.05) is 26.3 Å². The Labute approximate surface area is 95.4 Å². The molecule has 1 aliphatic heterocycles. The molecule has 0 aromatic carbocycles. The number of carbonyl (C=O) groups is 2. The maximum atomic E-state index is 11.7. The van der Waals surface area contributed by atoms with Gasteiger partial charge in [-0.05, 0) is 13.3 Å². The first kappa shape index (κ1) is 13.0. The highest BCUT2D eigenvalue weighted by atomic mass is 16.5. The van der Waals surface area contributed by atoms with E-state index in [2.05, 4.69) is 0 Å². The van der Waals surface area contributed by atoms with Gasteiger partial charge in [0.05, 0.1) is 13.0 Å². The first-order chi connectivity index (χ1) is 7.63. The highest BCUT2D eigenvalue weighted by Crippen LogP contribution is 2.14. The fourth-order valence-electron chi connectivity index (χ4n) is 1.82. The molecule has 1 unspecified atom stereocenters. The van der Waals surface area contributed by atoms with Gasteiger partial charge < -0.3 is 14.7 Å². The fourth-order valence-corrected chi connectivity index (χ4v) is 1.82. The van der Waals surface area contributed by atoms with Crippen molar-refractivity contribution >= 4 is 11.9 Å². The number of carbonyl (C=O) groups excluding carboxylic acids is 1. The Balaban J connectivity index is 2.33. The second-order valence-corrected chi connectivity index (χ2v) is 4.06. The summed E-state index contributed by atoms with van der Waals surface area (Å²) in [6.07, 6.45) is 0.996. The molecule has 1 N–H and O–H groups in total. The Bertz CT molecular complexity index is 248. The Kier molecular flexibility index (Phi) is 5.25. The monoisotopic (exact) mass is 229 g/mol. The van der Waals surface area contributed by atoms with Crippen LogP contribution in [0.15, 0.2) is 0 Å². The molecule has 1 amide bonds. The molecule has 1 atom stereocenters. The summed E-state index contributed by atoms with van der Waals surface area (Å²) in [5.74, 6) is -0.584. The largest absolute Gasteiger partial charge is 0.481 e. The van der Waals surface area contributed by atoms with Gasteiger partial charge in [0.1, 0.15) is 0 Å². The van der Waals surface area contributed by atoms with Crippen molar-refractivity contribution in [3.8, 4) is 0 Å². The second kappa shape index (κ2) is 6.48. The average molecular weight is 229 g/mol. The first-order valence-corrected chi connectivity index (χ1v) is 5.70. The molecule has 1 heterocycles. The van der Waals surface area contributed by atoms with Gasteiger partial charge in [-0.2, -0.15) is 0 Å². The SMILES string of the molecule is CCN(CC1CCOC1)C(=O)CCC(=O)O. The van der Waals surface area contributed by atoms with E-state index in [0.29, 0.717) is 25.6 Å². The molecule has 0 radical (unpaired) electrons. The summed E-state index contributed by atoms with van der Waals surface area (Å²) >= 11 is 0. The number of amides is 1. The van der Waals surface area contributed by atoms with E-state index in [-0.39, 0.29) is 18.7 Å². The molecule has 0 saturated carbocycles. The zero-order valence-corrected chi connectivity index (χ0v) is 9.65. The van der Waals surface area contributed by atoms with E-state index >= 15 is 0 Å². The van der Waals surface area contributed by atoms with E-state index in [1.807, 2.05) is 6.92 Å². The van der Waals surface area contributed by atoms with Crippen molar-refractivity contribution in [2.24, 2.45) is 5.92 Å². The maximum Gasteiger partial charge on any atom is 0.303 e.